The van der Waals surface area contributed by atoms with E-state index in [1.807, 2.05) is 33.0 Å². The van der Waals surface area contributed by atoms with Crippen molar-refractivity contribution in [2.75, 3.05) is 23.9 Å². The highest BCUT2D eigenvalue weighted by molar-refractivity contribution is 7.98. The van der Waals surface area contributed by atoms with Gasteiger partial charge in [-0.25, -0.2) is 9.97 Å². The summed E-state index contributed by atoms with van der Waals surface area (Å²) < 4.78 is 0. The van der Waals surface area contributed by atoms with E-state index in [1.165, 1.54) is 4.90 Å². The number of aromatic nitrogens is 2. The minimum Gasteiger partial charge on any atom is -0.373 e. The first-order chi connectivity index (χ1) is 9.15. The number of hydrogen-bond donors (Lipinski definition) is 2. The second kappa shape index (κ2) is 5.93. The largest absolute Gasteiger partial charge is 0.373 e. The number of para-hydroxylation sites is 1. The van der Waals surface area contributed by atoms with Crippen LogP contribution in [0.5, 0.6) is 0 Å². The molecule has 2 N–H and O–H groups in total. The van der Waals surface area contributed by atoms with Crippen molar-refractivity contribution in [3.8, 4) is 0 Å². The highest BCUT2D eigenvalue weighted by Gasteiger charge is 2.09. The number of nitrogens with one attached hydrogen (secondary N) is 2. The van der Waals surface area contributed by atoms with E-state index in [9.17, 15) is 0 Å². The fourth-order valence-corrected chi connectivity index (χ4v) is 2.42. The van der Waals surface area contributed by atoms with Crippen molar-refractivity contribution in [1.29, 1.82) is 0 Å². The average Bonchev–Trinajstić information content (AvgIpc) is 2.43. The van der Waals surface area contributed by atoms with E-state index < -0.39 is 0 Å². The van der Waals surface area contributed by atoms with Crippen molar-refractivity contribution >= 4 is 29.1 Å². The molecule has 2 aromatic rings. The Bertz CT molecular complexity index is 584. The van der Waals surface area contributed by atoms with Crippen LogP contribution >= 0.6 is 11.8 Å². The van der Waals surface area contributed by atoms with Crippen molar-refractivity contribution in [2.24, 2.45) is 0 Å². The lowest BCUT2D eigenvalue weighted by molar-refractivity contribution is 1.03. The molecule has 0 saturated carbocycles. The van der Waals surface area contributed by atoms with Crippen molar-refractivity contribution in [1.82, 2.24) is 9.97 Å². The van der Waals surface area contributed by atoms with E-state index in [1.54, 1.807) is 11.8 Å². The Kier molecular flexibility index (Phi) is 4.27. The Balaban J connectivity index is 2.40. The van der Waals surface area contributed by atoms with Crippen LogP contribution in [0, 0.1) is 13.8 Å². The quantitative estimate of drug-likeness (QED) is 0.834. The van der Waals surface area contributed by atoms with Crippen molar-refractivity contribution < 1.29 is 0 Å². The van der Waals surface area contributed by atoms with Gasteiger partial charge in [0.25, 0.3) is 0 Å². The molecule has 0 atom stereocenters. The SMILES string of the molecule is CNc1nc(C)nc(Nc2ccccc2SC)c1C. The molecule has 1 aromatic carbocycles. The molecule has 5 heteroatoms. The first-order valence-electron chi connectivity index (χ1n) is 6.08. The van der Waals surface area contributed by atoms with Gasteiger partial charge in [0.1, 0.15) is 17.5 Å². The zero-order valence-electron chi connectivity index (χ0n) is 11.6. The van der Waals surface area contributed by atoms with E-state index in [4.69, 9.17) is 0 Å². The number of aryl methyl sites for hydroxylation is 1. The Morgan fingerprint density at radius 3 is 2.42 bits per heavy atom. The second-order valence-electron chi connectivity index (χ2n) is 4.17. The van der Waals surface area contributed by atoms with Gasteiger partial charge in [0.05, 0.1) is 5.69 Å². The fourth-order valence-electron chi connectivity index (χ4n) is 1.87. The molecule has 0 saturated heterocycles. The summed E-state index contributed by atoms with van der Waals surface area (Å²) in [6.07, 6.45) is 2.07. The van der Waals surface area contributed by atoms with Crippen molar-refractivity contribution in [3.05, 3.63) is 35.7 Å². The molecule has 2 rings (SSSR count). The van der Waals surface area contributed by atoms with Crippen LogP contribution in [0.25, 0.3) is 0 Å². The highest BCUT2D eigenvalue weighted by atomic mass is 32.2. The van der Waals surface area contributed by atoms with Crippen LogP contribution in [-0.4, -0.2) is 23.3 Å². The number of benzene rings is 1. The van der Waals surface area contributed by atoms with E-state index in [0.29, 0.717) is 0 Å². The first-order valence-corrected chi connectivity index (χ1v) is 7.31. The third-order valence-corrected chi connectivity index (χ3v) is 3.65. The maximum Gasteiger partial charge on any atom is 0.139 e. The standard InChI is InChI=1S/C14H18N4S/c1-9-13(15-3)16-10(2)17-14(9)18-11-7-5-6-8-12(11)19-4/h5-8H,1-4H3,(H2,15,16,17,18). The molecule has 0 spiro atoms. The topological polar surface area (TPSA) is 49.8 Å². The zero-order valence-corrected chi connectivity index (χ0v) is 12.4. The molecule has 0 fully saturated rings. The summed E-state index contributed by atoms with van der Waals surface area (Å²) in [5, 5.41) is 6.49. The van der Waals surface area contributed by atoms with Gasteiger partial charge >= 0.3 is 0 Å². The fraction of sp³-hybridized carbons (Fsp3) is 0.286. The minimum atomic E-state index is 0.749. The minimum absolute atomic E-state index is 0.749. The number of anilines is 3. The first kappa shape index (κ1) is 13.7. The van der Waals surface area contributed by atoms with E-state index in [0.717, 1.165) is 28.7 Å². The van der Waals surface area contributed by atoms with E-state index in [-0.39, 0.29) is 0 Å². The van der Waals surface area contributed by atoms with E-state index >= 15 is 0 Å². The van der Waals surface area contributed by atoms with Gasteiger partial charge in [0, 0.05) is 17.5 Å². The third kappa shape index (κ3) is 2.98. The molecule has 0 amide bonds. The molecule has 1 heterocycles. The lowest BCUT2D eigenvalue weighted by atomic mass is 10.2. The van der Waals surface area contributed by atoms with Crippen molar-refractivity contribution in [2.45, 2.75) is 18.7 Å². The maximum absolute atomic E-state index is 4.48. The summed E-state index contributed by atoms with van der Waals surface area (Å²) >= 11 is 1.71. The lowest BCUT2D eigenvalue weighted by Gasteiger charge is -2.14. The van der Waals surface area contributed by atoms with Gasteiger partial charge in [-0.15, -0.1) is 11.8 Å². The molecule has 0 aliphatic carbocycles. The summed E-state index contributed by atoms with van der Waals surface area (Å²) in [5.74, 6) is 2.45. The van der Waals surface area contributed by atoms with Gasteiger partial charge in [0.2, 0.25) is 0 Å². The average molecular weight is 274 g/mol. The van der Waals surface area contributed by atoms with Crippen LogP contribution in [0.15, 0.2) is 29.2 Å². The molecule has 4 nitrogen and oxygen atoms in total. The Morgan fingerprint density at radius 1 is 1.05 bits per heavy atom. The van der Waals surface area contributed by atoms with Crippen LogP contribution in [0.3, 0.4) is 0 Å². The molecular formula is C14H18N4S. The Labute approximate surface area is 118 Å². The molecular weight excluding hydrogens is 256 g/mol. The number of thioether (sulfide) groups is 1. The monoisotopic (exact) mass is 274 g/mol. The molecule has 0 bridgehead atoms. The molecule has 1 aromatic heterocycles. The molecule has 0 radical (unpaired) electrons. The number of rotatable bonds is 4. The Morgan fingerprint density at radius 2 is 1.74 bits per heavy atom. The summed E-state index contributed by atoms with van der Waals surface area (Å²) in [7, 11) is 1.87. The number of nitrogens with zero attached hydrogens (tertiary/aromatic N) is 2. The Hall–Kier alpha value is -1.75. The molecule has 0 aliphatic heterocycles. The molecule has 19 heavy (non-hydrogen) atoms. The lowest BCUT2D eigenvalue weighted by Crippen LogP contribution is -2.05. The predicted molar refractivity (Wildman–Crippen MR) is 82.6 cm³/mol. The molecule has 0 unspecified atom stereocenters. The zero-order chi connectivity index (χ0) is 13.8. The summed E-state index contributed by atoms with van der Waals surface area (Å²) in [6, 6.07) is 8.20. The number of hydrogen-bond acceptors (Lipinski definition) is 5. The summed E-state index contributed by atoms with van der Waals surface area (Å²) in [5.41, 5.74) is 2.09. The smallest absolute Gasteiger partial charge is 0.139 e. The van der Waals surface area contributed by atoms with Crippen LogP contribution in [0.2, 0.25) is 0 Å². The van der Waals surface area contributed by atoms with Crippen LogP contribution in [-0.2, 0) is 0 Å². The van der Waals surface area contributed by atoms with Gasteiger partial charge < -0.3 is 10.6 Å². The van der Waals surface area contributed by atoms with Gasteiger partial charge in [-0.2, -0.15) is 0 Å². The second-order valence-corrected chi connectivity index (χ2v) is 5.02. The highest BCUT2D eigenvalue weighted by Crippen LogP contribution is 2.29. The van der Waals surface area contributed by atoms with Gasteiger partial charge in [0.15, 0.2) is 0 Å². The van der Waals surface area contributed by atoms with E-state index in [2.05, 4.69) is 39.0 Å². The third-order valence-electron chi connectivity index (χ3n) is 2.85. The van der Waals surface area contributed by atoms with Crippen LogP contribution in [0.1, 0.15) is 11.4 Å². The summed E-state index contributed by atoms with van der Waals surface area (Å²) in [4.78, 5) is 10.0. The van der Waals surface area contributed by atoms with Crippen LogP contribution in [0.4, 0.5) is 17.3 Å². The maximum atomic E-state index is 4.48. The summed E-state index contributed by atoms with van der Waals surface area (Å²) in [6.45, 7) is 3.90. The van der Waals surface area contributed by atoms with Crippen LogP contribution < -0.4 is 10.6 Å². The van der Waals surface area contributed by atoms with Gasteiger partial charge in [-0.1, -0.05) is 12.1 Å². The molecule has 100 valence electrons. The normalized spacial score (nSPS) is 10.3. The van der Waals surface area contributed by atoms with Crippen molar-refractivity contribution in [3.63, 3.8) is 0 Å². The predicted octanol–water partition coefficient (Wildman–Crippen LogP) is 3.60. The van der Waals surface area contributed by atoms with Gasteiger partial charge in [-0.3, -0.25) is 0 Å². The van der Waals surface area contributed by atoms with Gasteiger partial charge in [-0.05, 0) is 32.2 Å². The molecule has 0 aliphatic rings.